The van der Waals surface area contributed by atoms with Crippen molar-refractivity contribution in [2.45, 2.75) is 11.8 Å². The Morgan fingerprint density at radius 3 is 2.63 bits per heavy atom. The van der Waals surface area contributed by atoms with Crippen molar-refractivity contribution >= 4 is 23.4 Å². The van der Waals surface area contributed by atoms with Crippen LogP contribution in [0.5, 0.6) is 5.75 Å². The summed E-state index contributed by atoms with van der Waals surface area (Å²) in [5.41, 5.74) is 1.81. The van der Waals surface area contributed by atoms with Crippen molar-refractivity contribution in [3.05, 3.63) is 54.1 Å². The predicted molar refractivity (Wildman–Crippen MR) is 78.6 cm³/mol. The van der Waals surface area contributed by atoms with Crippen LogP contribution < -0.4 is 5.32 Å². The lowest BCUT2D eigenvalue weighted by Crippen LogP contribution is -2.13. The van der Waals surface area contributed by atoms with Gasteiger partial charge in [0.15, 0.2) is 0 Å². The number of phenols is 1. The Labute approximate surface area is 116 Å². The van der Waals surface area contributed by atoms with Crippen LogP contribution in [0.1, 0.15) is 5.56 Å². The van der Waals surface area contributed by atoms with Gasteiger partial charge in [0, 0.05) is 16.6 Å². The number of phenolic OH excluding ortho intramolecular Hbond substituents is 1. The highest BCUT2D eigenvalue weighted by atomic mass is 32.2. The lowest BCUT2D eigenvalue weighted by Gasteiger charge is -2.05. The second-order valence-corrected chi connectivity index (χ2v) is 5.25. The molecule has 0 bridgehead atoms. The molecule has 4 heteroatoms. The van der Waals surface area contributed by atoms with Crippen molar-refractivity contribution in [2.75, 3.05) is 11.1 Å². The quantitative estimate of drug-likeness (QED) is 0.839. The van der Waals surface area contributed by atoms with E-state index >= 15 is 0 Å². The summed E-state index contributed by atoms with van der Waals surface area (Å²) in [5, 5.41) is 12.0. The first-order valence-corrected chi connectivity index (χ1v) is 6.90. The van der Waals surface area contributed by atoms with Gasteiger partial charge in [-0.1, -0.05) is 23.8 Å². The molecule has 0 aliphatic heterocycles. The molecule has 2 rings (SSSR count). The molecule has 19 heavy (non-hydrogen) atoms. The van der Waals surface area contributed by atoms with E-state index in [1.807, 2.05) is 31.2 Å². The SMILES string of the molecule is Cc1ccc(SCC(=O)Nc2cccc(O)c2)cc1. The van der Waals surface area contributed by atoms with Crippen molar-refractivity contribution in [2.24, 2.45) is 0 Å². The van der Waals surface area contributed by atoms with Gasteiger partial charge in [-0.25, -0.2) is 0 Å². The van der Waals surface area contributed by atoms with Crippen LogP contribution in [0.3, 0.4) is 0 Å². The number of nitrogens with one attached hydrogen (secondary N) is 1. The van der Waals surface area contributed by atoms with Crippen LogP contribution in [0.2, 0.25) is 0 Å². The lowest BCUT2D eigenvalue weighted by atomic mass is 10.2. The molecule has 0 unspecified atom stereocenters. The molecule has 0 saturated heterocycles. The minimum Gasteiger partial charge on any atom is -0.508 e. The molecule has 2 aromatic rings. The Bertz CT molecular complexity index is 567. The summed E-state index contributed by atoms with van der Waals surface area (Å²) in [6.45, 7) is 2.03. The minimum atomic E-state index is -0.0869. The predicted octanol–water partition coefficient (Wildman–Crippen LogP) is 3.43. The topological polar surface area (TPSA) is 49.3 Å². The maximum absolute atomic E-state index is 11.8. The molecule has 0 saturated carbocycles. The minimum absolute atomic E-state index is 0.0869. The van der Waals surface area contributed by atoms with Crippen LogP contribution in [0.25, 0.3) is 0 Å². The van der Waals surface area contributed by atoms with Gasteiger partial charge in [0.1, 0.15) is 5.75 Å². The molecule has 0 fully saturated rings. The van der Waals surface area contributed by atoms with Crippen molar-refractivity contribution in [3.8, 4) is 5.75 Å². The molecule has 2 aromatic carbocycles. The van der Waals surface area contributed by atoms with Crippen LogP contribution in [-0.4, -0.2) is 16.8 Å². The van der Waals surface area contributed by atoms with Gasteiger partial charge in [0.2, 0.25) is 5.91 Å². The molecule has 0 aliphatic carbocycles. The first kappa shape index (κ1) is 13.5. The molecular weight excluding hydrogens is 258 g/mol. The van der Waals surface area contributed by atoms with Gasteiger partial charge in [0.25, 0.3) is 0 Å². The maximum atomic E-state index is 11.8. The third-order valence-corrected chi connectivity index (χ3v) is 3.53. The molecule has 0 aromatic heterocycles. The number of aryl methyl sites for hydroxylation is 1. The number of rotatable bonds is 4. The lowest BCUT2D eigenvalue weighted by molar-refractivity contribution is -0.113. The zero-order valence-electron chi connectivity index (χ0n) is 10.6. The van der Waals surface area contributed by atoms with Crippen molar-refractivity contribution < 1.29 is 9.90 Å². The van der Waals surface area contributed by atoms with Gasteiger partial charge in [-0.05, 0) is 31.2 Å². The molecule has 0 spiro atoms. The molecule has 98 valence electrons. The number of aromatic hydroxyl groups is 1. The van der Waals surface area contributed by atoms with E-state index in [1.165, 1.54) is 23.4 Å². The third kappa shape index (κ3) is 4.34. The van der Waals surface area contributed by atoms with E-state index in [0.29, 0.717) is 11.4 Å². The summed E-state index contributed by atoms with van der Waals surface area (Å²) in [6, 6.07) is 14.6. The van der Waals surface area contributed by atoms with E-state index in [-0.39, 0.29) is 11.7 Å². The molecular formula is C15H15NO2S. The number of hydrogen-bond donors (Lipinski definition) is 2. The molecule has 0 heterocycles. The van der Waals surface area contributed by atoms with Gasteiger partial charge in [-0.2, -0.15) is 0 Å². The number of benzene rings is 2. The number of hydrogen-bond acceptors (Lipinski definition) is 3. The Hall–Kier alpha value is -1.94. The fourth-order valence-corrected chi connectivity index (χ4v) is 2.26. The number of thioether (sulfide) groups is 1. The van der Waals surface area contributed by atoms with Crippen molar-refractivity contribution in [1.29, 1.82) is 0 Å². The van der Waals surface area contributed by atoms with Crippen LogP contribution in [0.4, 0.5) is 5.69 Å². The summed E-state index contributed by atoms with van der Waals surface area (Å²) < 4.78 is 0. The fraction of sp³-hybridized carbons (Fsp3) is 0.133. The van der Waals surface area contributed by atoms with Gasteiger partial charge in [-0.15, -0.1) is 11.8 Å². The monoisotopic (exact) mass is 273 g/mol. The number of carbonyl (C=O) groups excluding carboxylic acids is 1. The fourth-order valence-electron chi connectivity index (χ4n) is 1.56. The second kappa shape index (κ2) is 6.29. The van der Waals surface area contributed by atoms with E-state index in [2.05, 4.69) is 5.32 Å². The van der Waals surface area contributed by atoms with Crippen LogP contribution in [0.15, 0.2) is 53.4 Å². The van der Waals surface area contributed by atoms with Crippen molar-refractivity contribution in [3.63, 3.8) is 0 Å². The Kier molecular flexibility index (Phi) is 4.47. The second-order valence-electron chi connectivity index (χ2n) is 4.20. The molecule has 0 radical (unpaired) electrons. The number of anilines is 1. The molecule has 3 nitrogen and oxygen atoms in total. The Morgan fingerprint density at radius 2 is 1.95 bits per heavy atom. The number of amides is 1. The highest BCUT2D eigenvalue weighted by Crippen LogP contribution is 2.19. The number of carbonyl (C=O) groups is 1. The zero-order chi connectivity index (χ0) is 13.7. The molecule has 0 aliphatic rings. The Morgan fingerprint density at radius 1 is 1.21 bits per heavy atom. The first-order chi connectivity index (χ1) is 9.13. The highest BCUT2D eigenvalue weighted by molar-refractivity contribution is 8.00. The van der Waals surface area contributed by atoms with Crippen LogP contribution in [-0.2, 0) is 4.79 Å². The Balaban J connectivity index is 1.86. The summed E-state index contributed by atoms with van der Waals surface area (Å²) in [7, 11) is 0. The normalized spacial score (nSPS) is 10.2. The van der Waals surface area contributed by atoms with E-state index in [9.17, 15) is 9.90 Å². The zero-order valence-corrected chi connectivity index (χ0v) is 11.4. The van der Waals surface area contributed by atoms with E-state index < -0.39 is 0 Å². The summed E-state index contributed by atoms with van der Waals surface area (Å²) in [5.74, 6) is 0.402. The molecule has 0 atom stereocenters. The van der Waals surface area contributed by atoms with Crippen LogP contribution in [0, 0.1) is 6.92 Å². The van der Waals surface area contributed by atoms with Crippen LogP contribution >= 0.6 is 11.8 Å². The largest absolute Gasteiger partial charge is 0.508 e. The van der Waals surface area contributed by atoms with E-state index in [0.717, 1.165) is 4.90 Å². The highest BCUT2D eigenvalue weighted by Gasteiger charge is 2.04. The van der Waals surface area contributed by atoms with E-state index in [1.54, 1.807) is 18.2 Å². The van der Waals surface area contributed by atoms with Gasteiger partial charge >= 0.3 is 0 Å². The van der Waals surface area contributed by atoms with Gasteiger partial charge < -0.3 is 10.4 Å². The average molecular weight is 273 g/mol. The van der Waals surface area contributed by atoms with Crippen molar-refractivity contribution in [1.82, 2.24) is 0 Å². The third-order valence-electron chi connectivity index (χ3n) is 2.52. The van der Waals surface area contributed by atoms with Gasteiger partial charge in [-0.3, -0.25) is 4.79 Å². The average Bonchev–Trinajstić information content (AvgIpc) is 2.38. The summed E-state index contributed by atoms with van der Waals surface area (Å²) >= 11 is 1.49. The molecule has 2 N–H and O–H groups in total. The molecule has 1 amide bonds. The smallest absolute Gasteiger partial charge is 0.234 e. The maximum Gasteiger partial charge on any atom is 0.234 e. The van der Waals surface area contributed by atoms with E-state index in [4.69, 9.17) is 0 Å². The summed E-state index contributed by atoms with van der Waals surface area (Å²) in [4.78, 5) is 12.8. The standard InChI is InChI=1S/C15H15NO2S/c1-11-5-7-14(8-6-11)19-10-15(18)16-12-3-2-4-13(17)9-12/h2-9,17H,10H2,1H3,(H,16,18). The first-order valence-electron chi connectivity index (χ1n) is 5.92. The van der Waals surface area contributed by atoms with Gasteiger partial charge in [0.05, 0.1) is 5.75 Å². The summed E-state index contributed by atoms with van der Waals surface area (Å²) in [6.07, 6.45) is 0.